The number of nitrogens with one attached hydrogen (secondary N) is 1. The molecule has 2 aromatic rings. The van der Waals surface area contributed by atoms with E-state index in [9.17, 15) is 5.11 Å². The molecular weight excluding hydrogens is 246 g/mol. The van der Waals surface area contributed by atoms with Crippen molar-refractivity contribution in [2.45, 2.75) is 12.8 Å². The van der Waals surface area contributed by atoms with Crippen molar-refractivity contribution in [3.63, 3.8) is 0 Å². The van der Waals surface area contributed by atoms with E-state index in [4.69, 9.17) is 0 Å². The van der Waals surface area contributed by atoms with Crippen LogP contribution in [0.1, 0.15) is 23.1 Å². The van der Waals surface area contributed by atoms with E-state index in [1.165, 1.54) is 22.3 Å². The Hall–Kier alpha value is -2.06. The summed E-state index contributed by atoms with van der Waals surface area (Å²) in [6, 6.07) is 16.1. The summed E-state index contributed by atoms with van der Waals surface area (Å²) >= 11 is 0. The summed E-state index contributed by atoms with van der Waals surface area (Å²) in [5.74, 6) is 0.342. The van der Waals surface area contributed by atoms with Crippen molar-refractivity contribution < 1.29 is 5.11 Å². The first-order valence-corrected chi connectivity index (χ1v) is 7.09. The number of hydrogen-bond donors (Lipinski definition) is 2. The second kappa shape index (κ2) is 5.93. The minimum Gasteiger partial charge on any atom is -0.508 e. The van der Waals surface area contributed by atoms with E-state index < -0.39 is 0 Å². The number of phenols is 1. The van der Waals surface area contributed by atoms with Crippen LogP contribution in [0.15, 0.2) is 54.6 Å². The van der Waals surface area contributed by atoms with Crippen LogP contribution < -0.4 is 5.32 Å². The van der Waals surface area contributed by atoms with Crippen LogP contribution in [-0.2, 0) is 6.42 Å². The van der Waals surface area contributed by atoms with Gasteiger partial charge in [0.1, 0.15) is 5.75 Å². The van der Waals surface area contributed by atoms with Crippen molar-refractivity contribution in [2.24, 2.45) is 0 Å². The fourth-order valence-corrected chi connectivity index (χ4v) is 2.72. The molecule has 0 bridgehead atoms. The van der Waals surface area contributed by atoms with Crippen LogP contribution in [0.5, 0.6) is 5.75 Å². The molecule has 2 aromatic carbocycles. The smallest absolute Gasteiger partial charge is 0.115 e. The Morgan fingerprint density at radius 2 is 1.90 bits per heavy atom. The molecule has 0 radical (unpaired) electrons. The highest BCUT2D eigenvalue weighted by Gasteiger charge is 2.11. The molecule has 0 amide bonds. The molecule has 3 rings (SSSR count). The lowest BCUT2D eigenvalue weighted by atomic mass is 9.92. The van der Waals surface area contributed by atoms with Gasteiger partial charge < -0.3 is 10.4 Å². The van der Waals surface area contributed by atoms with Crippen molar-refractivity contribution in [3.8, 4) is 5.75 Å². The van der Waals surface area contributed by atoms with Crippen molar-refractivity contribution in [1.29, 1.82) is 0 Å². The molecule has 0 fully saturated rings. The topological polar surface area (TPSA) is 32.3 Å². The zero-order valence-electron chi connectivity index (χ0n) is 11.5. The van der Waals surface area contributed by atoms with Crippen LogP contribution in [0.25, 0.3) is 5.57 Å². The normalized spacial score (nSPS) is 14.9. The Labute approximate surface area is 119 Å². The minimum absolute atomic E-state index is 0.342. The molecule has 0 aromatic heterocycles. The van der Waals surface area contributed by atoms with Gasteiger partial charge in [0.2, 0.25) is 0 Å². The van der Waals surface area contributed by atoms with Gasteiger partial charge in [-0.3, -0.25) is 0 Å². The minimum atomic E-state index is 0.342. The molecule has 0 aliphatic carbocycles. The van der Waals surface area contributed by atoms with Gasteiger partial charge in [0.15, 0.2) is 0 Å². The average Bonchev–Trinajstić information content (AvgIpc) is 2.49. The van der Waals surface area contributed by atoms with E-state index in [2.05, 4.69) is 35.7 Å². The van der Waals surface area contributed by atoms with Crippen molar-refractivity contribution in [1.82, 2.24) is 5.32 Å². The molecule has 1 aliphatic heterocycles. The van der Waals surface area contributed by atoms with Gasteiger partial charge in [-0.15, -0.1) is 0 Å². The Kier molecular flexibility index (Phi) is 3.84. The van der Waals surface area contributed by atoms with E-state index >= 15 is 0 Å². The van der Waals surface area contributed by atoms with Crippen molar-refractivity contribution >= 4 is 5.57 Å². The van der Waals surface area contributed by atoms with E-state index in [1.54, 1.807) is 6.07 Å². The Morgan fingerprint density at radius 3 is 2.65 bits per heavy atom. The summed E-state index contributed by atoms with van der Waals surface area (Å²) in [6.45, 7) is 1.96. The molecule has 1 aliphatic rings. The first kappa shape index (κ1) is 12.9. The molecule has 0 unspecified atom stereocenters. The largest absolute Gasteiger partial charge is 0.508 e. The summed E-state index contributed by atoms with van der Waals surface area (Å²) in [7, 11) is 0. The summed E-state index contributed by atoms with van der Waals surface area (Å²) in [4.78, 5) is 0. The standard InChI is InChI=1S/C18H19NO/c20-17-6-7-18(15-8-10-19-11-9-15)16(13-17)12-14-4-2-1-3-5-14/h1-8,13,19-20H,9-12H2. The highest BCUT2D eigenvalue weighted by Crippen LogP contribution is 2.28. The Balaban J connectivity index is 1.96. The first-order chi connectivity index (χ1) is 9.83. The van der Waals surface area contributed by atoms with Gasteiger partial charge in [0, 0.05) is 6.54 Å². The summed E-state index contributed by atoms with van der Waals surface area (Å²) in [5, 5.41) is 13.1. The second-order valence-electron chi connectivity index (χ2n) is 5.19. The quantitative estimate of drug-likeness (QED) is 0.892. The Morgan fingerprint density at radius 1 is 1.05 bits per heavy atom. The fraction of sp³-hybridized carbons (Fsp3) is 0.222. The molecule has 2 nitrogen and oxygen atoms in total. The van der Waals surface area contributed by atoms with E-state index in [0.29, 0.717) is 5.75 Å². The van der Waals surface area contributed by atoms with Gasteiger partial charge in [-0.1, -0.05) is 42.5 Å². The third-order valence-electron chi connectivity index (χ3n) is 3.74. The van der Waals surface area contributed by atoms with Gasteiger partial charge in [0.25, 0.3) is 0 Å². The number of phenolic OH excluding ortho intramolecular Hbond substituents is 1. The van der Waals surface area contributed by atoms with Gasteiger partial charge in [-0.2, -0.15) is 0 Å². The van der Waals surface area contributed by atoms with Gasteiger partial charge in [-0.05, 0) is 53.8 Å². The number of rotatable bonds is 3. The van der Waals surface area contributed by atoms with Gasteiger partial charge >= 0.3 is 0 Å². The molecule has 0 saturated carbocycles. The third-order valence-corrected chi connectivity index (χ3v) is 3.74. The fourth-order valence-electron chi connectivity index (χ4n) is 2.72. The summed E-state index contributed by atoms with van der Waals surface area (Å²) < 4.78 is 0. The van der Waals surface area contributed by atoms with Crippen molar-refractivity contribution in [3.05, 3.63) is 71.3 Å². The SMILES string of the molecule is Oc1ccc(C2=CCNCC2)c(Cc2ccccc2)c1. The highest BCUT2D eigenvalue weighted by molar-refractivity contribution is 5.70. The molecule has 0 atom stereocenters. The highest BCUT2D eigenvalue weighted by atomic mass is 16.3. The molecule has 0 saturated heterocycles. The van der Waals surface area contributed by atoms with Crippen LogP contribution in [0, 0.1) is 0 Å². The van der Waals surface area contributed by atoms with E-state index in [-0.39, 0.29) is 0 Å². The number of aromatic hydroxyl groups is 1. The maximum absolute atomic E-state index is 9.78. The molecule has 102 valence electrons. The molecular formula is C18H19NO. The third kappa shape index (κ3) is 2.91. The predicted molar refractivity (Wildman–Crippen MR) is 82.8 cm³/mol. The van der Waals surface area contributed by atoms with E-state index in [0.717, 1.165) is 25.9 Å². The van der Waals surface area contributed by atoms with Crippen molar-refractivity contribution in [2.75, 3.05) is 13.1 Å². The van der Waals surface area contributed by atoms with Crippen LogP contribution in [0.2, 0.25) is 0 Å². The summed E-state index contributed by atoms with van der Waals surface area (Å²) in [6.07, 6.45) is 4.16. The molecule has 1 heterocycles. The first-order valence-electron chi connectivity index (χ1n) is 7.09. The second-order valence-corrected chi connectivity index (χ2v) is 5.19. The Bertz CT molecular complexity index is 617. The lowest BCUT2D eigenvalue weighted by Gasteiger charge is -2.18. The zero-order valence-corrected chi connectivity index (χ0v) is 11.5. The predicted octanol–water partition coefficient (Wildman–Crippen LogP) is 3.36. The van der Waals surface area contributed by atoms with Crippen LogP contribution >= 0.6 is 0 Å². The molecule has 2 heteroatoms. The average molecular weight is 265 g/mol. The summed E-state index contributed by atoms with van der Waals surface area (Å²) in [5.41, 5.74) is 5.13. The van der Waals surface area contributed by atoms with Crippen LogP contribution in [0.4, 0.5) is 0 Å². The maximum atomic E-state index is 9.78. The number of benzene rings is 2. The van der Waals surface area contributed by atoms with Crippen LogP contribution in [0.3, 0.4) is 0 Å². The monoisotopic (exact) mass is 265 g/mol. The zero-order chi connectivity index (χ0) is 13.8. The molecule has 20 heavy (non-hydrogen) atoms. The number of hydrogen-bond acceptors (Lipinski definition) is 2. The molecule has 2 N–H and O–H groups in total. The lowest BCUT2D eigenvalue weighted by molar-refractivity contribution is 0.474. The van der Waals surface area contributed by atoms with Crippen LogP contribution in [-0.4, -0.2) is 18.2 Å². The van der Waals surface area contributed by atoms with E-state index in [1.807, 2.05) is 18.2 Å². The lowest BCUT2D eigenvalue weighted by Crippen LogP contribution is -2.20. The van der Waals surface area contributed by atoms with Gasteiger partial charge in [0.05, 0.1) is 0 Å². The van der Waals surface area contributed by atoms with Gasteiger partial charge in [-0.25, -0.2) is 0 Å². The molecule has 0 spiro atoms. The maximum Gasteiger partial charge on any atom is 0.115 e.